The van der Waals surface area contributed by atoms with E-state index >= 15 is 0 Å². The standard InChI is InChI=1S/C24H24FN5O4S/c1-33-20-4-2-3-17(25)21(20)15-9-18-19(27-12-26-18)10-16(15)22(32)28-23-29-30-24(35-23)34-11-13-5-7-14(31)8-6-13/h2-4,9-10,12-14,31H,5-8,11H2,1H3,(H,26,27)(H,28,29,32). The number of hydrogen-bond donors (Lipinski definition) is 3. The van der Waals surface area contributed by atoms with Gasteiger partial charge in [-0.05, 0) is 67.2 Å². The van der Waals surface area contributed by atoms with Crippen LogP contribution in [0.25, 0.3) is 22.2 Å². The number of aliphatic hydroxyl groups excluding tert-OH is 1. The lowest BCUT2D eigenvalue weighted by molar-refractivity contribution is 0.0915. The van der Waals surface area contributed by atoms with Gasteiger partial charge in [0.15, 0.2) is 0 Å². The number of nitrogens with zero attached hydrogens (tertiary/aromatic N) is 3. The smallest absolute Gasteiger partial charge is 0.295 e. The highest BCUT2D eigenvalue weighted by Gasteiger charge is 2.23. The number of H-pyrrole nitrogens is 1. The molecule has 1 amide bonds. The van der Waals surface area contributed by atoms with Crippen LogP contribution < -0.4 is 14.8 Å². The highest BCUT2D eigenvalue weighted by molar-refractivity contribution is 7.17. The summed E-state index contributed by atoms with van der Waals surface area (Å²) in [6.45, 7) is 0.489. The van der Waals surface area contributed by atoms with Crippen molar-refractivity contribution >= 4 is 33.4 Å². The van der Waals surface area contributed by atoms with Crippen LogP contribution in [0.4, 0.5) is 9.52 Å². The maximum atomic E-state index is 14.9. The first-order valence-electron chi connectivity index (χ1n) is 11.3. The summed E-state index contributed by atoms with van der Waals surface area (Å²) < 4.78 is 26.0. The van der Waals surface area contributed by atoms with E-state index < -0.39 is 11.7 Å². The highest BCUT2D eigenvalue weighted by atomic mass is 32.1. The van der Waals surface area contributed by atoms with Gasteiger partial charge in [-0.25, -0.2) is 9.37 Å². The molecule has 3 N–H and O–H groups in total. The molecule has 35 heavy (non-hydrogen) atoms. The minimum atomic E-state index is -0.518. The van der Waals surface area contributed by atoms with Crippen LogP contribution in [0, 0.1) is 11.7 Å². The molecule has 1 aliphatic carbocycles. The second kappa shape index (κ2) is 9.96. The van der Waals surface area contributed by atoms with Crippen LogP contribution in [0.2, 0.25) is 0 Å². The number of halogens is 1. The summed E-state index contributed by atoms with van der Waals surface area (Å²) in [6, 6.07) is 7.76. The molecule has 2 heterocycles. The van der Waals surface area contributed by atoms with Crippen LogP contribution >= 0.6 is 11.3 Å². The summed E-state index contributed by atoms with van der Waals surface area (Å²) in [5.74, 6) is -0.337. The molecule has 0 atom stereocenters. The first-order valence-corrected chi connectivity index (χ1v) is 12.1. The van der Waals surface area contributed by atoms with Crippen molar-refractivity contribution < 1.29 is 23.8 Å². The Bertz CT molecular complexity index is 1350. The van der Waals surface area contributed by atoms with Crippen molar-refractivity contribution in [3.63, 3.8) is 0 Å². The monoisotopic (exact) mass is 497 g/mol. The first-order chi connectivity index (χ1) is 17.0. The summed E-state index contributed by atoms with van der Waals surface area (Å²) >= 11 is 1.12. The van der Waals surface area contributed by atoms with Crippen LogP contribution in [0.15, 0.2) is 36.7 Å². The van der Waals surface area contributed by atoms with E-state index in [9.17, 15) is 14.3 Å². The molecule has 0 unspecified atom stereocenters. The molecule has 5 rings (SSSR count). The lowest BCUT2D eigenvalue weighted by Gasteiger charge is -2.24. The number of amides is 1. The zero-order valence-corrected chi connectivity index (χ0v) is 19.8. The van der Waals surface area contributed by atoms with Crippen LogP contribution in [0.1, 0.15) is 36.0 Å². The number of rotatable bonds is 7. The number of carbonyl (C=O) groups excluding carboxylic acids is 1. The summed E-state index contributed by atoms with van der Waals surface area (Å²) in [7, 11) is 1.45. The molecule has 2 aromatic heterocycles. The van der Waals surface area contributed by atoms with Crippen molar-refractivity contribution in [1.29, 1.82) is 0 Å². The van der Waals surface area contributed by atoms with E-state index in [1.54, 1.807) is 24.3 Å². The maximum Gasteiger partial charge on any atom is 0.295 e. The molecule has 0 saturated heterocycles. The molecule has 9 nitrogen and oxygen atoms in total. The molecule has 0 bridgehead atoms. The Morgan fingerprint density at radius 3 is 2.89 bits per heavy atom. The number of aromatic nitrogens is 4. The molecular formula is C24H24FN5O4S. The molecular weight excluding hydrogens is 473 g/mol. The fourth-order valence-electron chi connectivity index (χ4n) is 4.30. The predicted molar refractivity (Wildman–Crippen MR) is 129 cm³/mol. The molecule has 11 heteroatoms. The van der Waals surface area contributed by atoms with Gasteiger partial charge in [0.1, 0.15) is 11.6 Å². The fraction of sp³-hybridized carbons (Fsp3) is 0.333. The van der Waals surface area contributed by atoms with Gasteiger partial charge in [0.2, 0.25) is 5.13 Å². The van der Waals surface area contributed by atoms with Crippen molar-refractivity contribution in [2.24, 2.45) is 5.92 Å². The van der Waals surface area contributed by atoms with Crippen molar-refractivity contribution in [2.75, 3.05) is 19.0 Å². The summed E-state index contributed by atoms with van der Waals surface area (Å²) in [4.78, 5) is 20.5. The van der Waals surface area contributed by atoms with Crippen LogP contribution in [-0.4, -0.2) is 51.0 Å². The Kier molecular flexibility index (Phi) is 6.60. The molecule has 182 valence electrons. The minimum absolute atomic E-state index is 0.170. The van der Waals surface area contributed by atoms with Gasteiger partial charge in [-0.1, -0.05) is 11.2 Å². The largest absolute Gasteiger partial charge is 0.496 e. The third kappa shape index (κ3) is 4.96. The van der Waals surface area contributed by atoms with E-state index in [4.69, 9.17) is 9.47 Å². The number of aromatic amines is 1. The number of methoxy groups -OCH3 is 1. The van der Waals surface area contributed by atoms with Gasteiger partial charge in [0, 0.05) is 5.56 Å². The van der Waals surface area contributed by atoms with E-state index in [1.807, 2.05) is 0 Å². The number of fused-ring (bicyclic) bond motifs is 1. The minimum Gasteiger partial charge on any atom is -0.496 e. The molecule has 0 spiro atoms. The molecule has 1 saturated carbocycles. The second-order valence-corrected chi connectivity index (χ2v) is 9.39. The van der Waals surface area contributed by atoms with Crippen LogP contribution in [0.3, 0.4) is 0 Å². The van der Waals surface area contributed by atoms with Gasteiger partial charge in [-0.3, -0.25) is 10.1 Å². The topological polar surface area (TPSA) is 122 Å². The van der Waals surface area contributed by atoms with Gasteiger partial charge >= 0.3 is 0 Å². The third-order valence-electron chi connectivity index (χ3n) is 6.15. The molecule has 1 aliphatic rings. The number of imidazole rings is 1. The van der Waals surface area contributed by atoms with Gasteiger partial charge in [-0.2, -0.15) is 0 Å². The van der Waals surface area contributed by atoms with Gasteiger partial charge in [-0.15, -0.1) is 5.10 Å². The van der Waals surface area contributed by atoms with E-state index in [0.29, 0.717) is 40.1 Å². The van der Waals surface area contributed by atoms with Crippen LogP contribution in [-0.2, 0) is 0 Å². The van der Waals surface area contributed by atoms with Crippen molar-refractivity contribution in [1.82, 2.24) is 20.2 Å². The van der Waals surface area contributed by atoms with E-state index in [0.717, 1.165) is 37.0 Å². The lowest BCUT2D eigenvalue weighted by atomic mass is 9.88. The number of aliphatic hydroxyl groups is 1. The average molecular weight is 498 g/mol. The predicted octanol–water partition coefficient (Wildman–Crippen LogP) is 4.41. The Morgan fingerprint density at radius 1 is 1.26 bits per heavy atom. The van der Waals surface area contributed by atoms with E-state index in [2.05, 4.69) is 25.5 Å². The average Bonchev–Trinajstić information content (AvgIpc) is 3.51. The van der Waals surface area contributed by atoms with Crippen LogP contribution in [0.5, 0.6) is 10.9 Å². The van der Waals surface area contributed by atoms with Crippen molar-refractivity contribution in [3.05, 3.63) is 48.0 Å². The second-order valence-electron chi connectivity index (χ2n) is 8.45. The highest BCUT2D eigenvalue weighted by Crippen LogP contribution is 2.37. The molecule has 4 aromatic rings. The Balaban J connectivity index is 1.38. The maximum absolute atomic E-state index is 14.9. The van der Waals surface area contributed by atoms with Crippen molar-refractivity contribution in [3.8, 4) is 22.1 Å². The SMILES string of the molecule is COc1cccc(F)c1-c1cc2nc[nH]c2cc1C(=O)Nc1nnc(OCC2CCC(O)CC2)s1. The molecule has 1 fully saturated rings. The number of anilines is 1. The number of hydrogen-bond acceptors (Lipinski definition) is 8. The van der Waals surface area contributed by atoms with Gasteiger partial charge in [0.05, 0.1) is 48.3 Å². The number of benzene rings is 2. The lowest BCUT2D eigenvalue weighted by Crippen LogP contribution is -2.22. The van der Waals surface area contributed by atoms with Crippen molar-refractivity contribution in [2.45, 2.75) is 31.8 Å². The number of nitrogens with one attached hydrogen (secondary N) is 2. The van der Waals surface area contributed by atoms with Gasteiger partial charge in [0.25, 0.3) is 11.1 Å². The summed E-state index contributed by atoms with van der Waals surface area (Å²) in [5.41, 5.74) is 1.96. The molecule has 2 aromatic carbocycles. The Labute approximate surface area is 204 Å². The van der Waals surface area contributed by atoms with E-state index in [1.165, 1.54) is 19.5 Å². The number of ether oxygens (including phenoxy) is 2. The normalized spacial score (nSPS) is 17.9. The van der Waals surface area contributed by atoms with E-state index in [-0.39, 0.29) is 22.4 Å². The zero-order valence-electron chi connectivity index (χ0n) is 19.0. The quantitative estimate of drug-likeness (QED) is 0.346. The first kappa shape index (κ1) is 23.2. The summed E-state index contributed by atoms with van der Waals surface area (Å²) in [6.07, 6.45) is 4.66. The fourth-order valence-corrected chi connectivity index (χ4v) is 4.90. The summed E-state index contributed by atoms with van der Waals surface area (Å²) in [5, 5.41) is 21.0. The molecule has 0 aliphatic heterocycles. The van der Waals surface area contributed by atoms with Gasteiger partial charge < -0.3 is 19.6 Å². The Hall–Kier alpha value is -3.57. The third-order valence-corrected chi connectivity index (χ3v) is 6.91. The Morgan fingerprint density at radius 2 is 2.09 bits per heavy atom. The number of carbonyl (C=O) groups is 1. The zero-order chi connectivity index (χ0) is 24.4. The molecule has 0 radical (unpaired) electrons.